The smallest absolute Gasteiger partial charge is 0.390 e. The molecule has 1 saturated heterocycles. The molecule has 5 heteroatoms. The van der Waals surface area contributed by atoms with Crippen LogP contribution in [-0.4, -0.2) is 17.9 Å². The third-order valence-corrected chi connectivity index (χ3v) is 1.35. The summed E-state index contributed by atoms with van der Waals surface area (Å²) in [6.45, 7) is 1.58. The van der Waals surface area contributed by atoms with Crippen molar-refractivity contribution < 1.29 is 23.0 Å². The number of hydrogen-bond acceptors (Lipinski definition) is 3. The van der Waals surface area contributed by atoms with E-state index in [1.54, 1.807) is 0 Å². The first-order chi connectivity index (χ1) is 4.35. The standard InChI is InChI=1S/C5H6F2O3/c1-4(6)5(2,7)10-3(8)9-4/h1-2H3/t4-,5-/m1/s1. The first kappa shape index (κ1) is 7.24. The van der Waals surface area contributed by atoms with E-state index in [0.717, 1.165) is 13.8 Å². The average molecular weight is 152 g/mol. The molecule has 1 aliphatic heterocycles. The minimum absolute atomic E-state index is 0.790. The van der Waals surface area contributed by atoms with Crippen LogP contribution in [0.25, 0.3) is 0 Å². The molecule has 0 radical (unpaired) electrons. The Labute approximate surface area is 55.9 Å². The third-order valence-electron chi connectivity index (χ3n) is 1.35. The van der Waals surface area contributed by atoms with Gasteiger partial charge in [0.05, 0.1) is 0 Å². The number of cyclic esters (lactones) is 2. The Morgan fingerprint density at radius 3 is 1.60 bits per heavy atom. The van der Waals surface area contributed by atoms with E-state index in [4.69, 9.17) is 0 Å². The molecule has 1 rings (SSSR count). The van der Waals surface area contributed by atoms with Crippen molar-refractivity contribution >= 4 is 6.16 Å². The topological polar surface area (TPSA) is 35.5 Å². The highest BCUT2D eigenvalue weighted by atomic mass is 19.2. The number of hydrogen-bond donors (Lipinski definition) is 0. The van der Waals surface area contributed by atoms with Gasteiger partial charge < -0.3 is 9.47 Å². The predicted molar refractivity (Wildman–Crippen MR) is 26.6 cm³/mol. The molecular weight excluding hydrogens is 146 g/mol. The number of alkyl halides is 2. The lowest BCUT2D eigenvalue weighted by Crippen LogP contribution is -2.39. The predicted octanol–water partition coefficient (Wildman–Crippen LogP) is 1.52. The molecule has 58 valence electrons. The van der Waals surface area contributed by atoms with Crippen molar-refractivity contribution in [3.63, 3.8) is 0 Å². The number of carbonyl (C=O) groups excluding carboxylic acids is 1. The molecule has 0 amide bonds. The highest BCUT2D eigenvalue weighted by Gasteiger charge is 2.59. The monoisotopic (exact) mass is 152 g/mol. The molecule has 1 aliphatic rings. The fourth-order valence-electron chi connectivity index (χ4n) is 0.516. The molecule has 0 aromatic rings. The van der Waals surface area contributed by atoms with Crippen LogP contribution in [-0.2, 0) is 9.47 Å². The molecular formula is C5H6F2O3. The molecule has 1 fully saturated rings. The zero-order chi connectivity index (χ0) is 7.99. The summed E-state index contributed by atoms with van der Waals surface area (Å²) in [5.41, 5.74) is 0. The first-order valence-electron chi connectivity index (χ1n) is 2.65. The van der Waals surface area contributed by atoms with Gasteiger partial charge in [0.15, 0.2) is 0 Å². The van der Waals surface area contributed by atoms with Gasteiger partial charge in [-0.25, -0.2) is 4.79 Å². The second kappa shape index (κ2) is 1.59. The summed E-state index contributed by atoms with van der Waals surface area (Å²) in [7, 11) is 0. The van der Waals surface area contributed by atoms with E-state index in [9.17, 15) is 13.6 Å². The lowest BCUT2D eigenvalue weighted by molar-refractivity contribution is -0.191. The fraction of sp³-hybridized carbons (Fsp3) is 0.800. The number of carbonyl (C=O) groups is 1. The second-order valence-electron chi connectivity index (χ2n) is 2.29. The summed E-state index contributed by atoms with van der Waals surface area (Å²) in [6.07, 6.45) is -1.32. The molecule has 0 bridgehead atoms. The van der Waals surface area contributed by atoms with Crippen molar-refractivity contribution in [3.8, 4) is 0 Å². The number of rotatable bonds is 0. The van der Waals surface area contributed by atoms with E-state index in [2.05, 4.69) is 9.47 Å². The Balaban J connectivity index is 2.88. The van der Waals surface area contributed by atoms with Gasteiger partial charge in [-0.2, -0.15) is 8.78 Å². The van der Waals surface area contributed by atoms with Gasteiger partial charge in [-0.15, -0.1) is 0 Å². The zero-order valence-corrected chi connectivity index (χ0v) is 5.48. The average Bonchev–Trinajstić information content (AvgIpc) is 1.73. The van der Waals surface area contributed by atoms with Gasteiger partial charge in [0, 0.05) is 13.8 Å². The first-order valence-corrected chi connectivity index (χ1v) is 2.65. The lowest BCUT2D eigenvalue weighted by atomic mass is 10.2. The van der Waals surface area contributed by atoms with Crippen LogP contribution in [0.3, 0.4) is 0 Å². The minimum Gasteiger partial charge on any atom is -0.390 e. The van der Waals surface area contributed by atoms with Crippen LogP contribution < -0.4 is 0 Å². The Hall–Kier alpha value is -0.870. The molecule has 0 unspecified atom stereocenters. The summed E-state index contributed by atoms with van der Waals surface area (Å²) < 4.78 is 33.1. The molecule has 0 spiro atoms. The van der Waals surface area contributed by atoms with Crippen molar-refractivity contribution in [1.82, 2.24) is 0 Å². The van der Waals surface area contributed by atoms with Crippen LogP contribution in [0.1, 0.15) is 13.8 Å². The van der Waals surface area contributed by atoms with E-state index in [0.29, 0.717) is 0 Å². The van der Waals surface area contributed by atoms with Gasteiger partial charge in [-0.1, -0.05) is 0 Å². The van der Waals surface area contributed by atoms with Crippen LogP contribution in [0.5, 0.6) is 0 Å². The van der Waals surface area contributed by atoms with Gasteiger partial charge in [0.2, 0.25) is 0 Å². The maximum Gasteiger partial charge on any atom is 0.514 e. The maximum atomic E-state index is 12.7. The SMILES string of the molecule is C[C@@]1(F)OC(=O)O[C@@]1(C)F. The van der Waals surface area contributed by atoms with Crippen LogP contribution in [0.15, 0.2) is 0 Å². The van der Waals surface area contributed by atoms with E-state index >= 15 is 0 Å². The molecule has 10 heavy (non-hydrogen) atoms. The Morgan fingerprint density at radius 2 is 1.50 bits per heavy atom. The van der Waals surface area contributed by atoms with E-state index < -0.39 is 17.9 Å². The Bertz CT molecular complexity index is 158. The highest BCUT2D eigenvalue weighted by molar-refractivity contribution is 5.63. The molecule has 0 aromatic carbocycles. The molecule has 0 N–H and O–H groups in total. The second-order valence-corrected chi connectivity index (χ2v) is 2.29. The van der Waals surface area contributed by atoms with Gasteiger partial charge in [0.1, 0.15) is 0 Å². The van der Waals surface area contributed by atoms with Crippen molar-refractivity contribution in [2.45, 2.75) is 25.6 Å². The largest absolute Gasteiger partial charge is 0.514 e. The molecule has 1 heterocycles. The zero-order valence-electron chi connectivity index (χ0n) is 5.48. The molecule has 0 aliphatic carbocycles. The van der Waals surface area contributed by atoms with Crippen LogP contribution in [0.4, 0.5) is 13.6 Å². The van der Waals surface area contributed by atoms with Gasteiger partial charge >= 0.3 is 17.9 Å². The molecule has 3 nitrogen and oxygen atoms in total. The molecule has 0 aromatic heterocycles. The van der Waals surface area contributed by atoms with Gasteiger partial charge in [0.25, 0.3) is 0 Å². The Kier molecular flexibility index (Phi) is 1.15. The summed E-state index contributed by atoms with van der Waals surface area (Å²) in [4.78, 5) is 10.1. The van der Waals surface area contributed by atoms with Crippen LogP contribution >= 0.6 is 0 Å². The summed E-state index contributed by atoms with van der Waals surface area (Å²) in [5.74, 6) is -5.35. The highest BCUT2D eigenvalue weighted by Crippen LogP contribution is 2.38. The summed E-state index contributed by atoms with van der Waals surface area (Å²) in [5, 5.41) is 0. The van der Waals surface area contributed by atoms with E-state index in [-0.39, 0.29) is 0 Å². The lowest BCUT2D eigenvalue weighted by Gasteiger charge is -2.19. The van der Waals surface area contributed by atoms with Crippen LogP contribution in [0, 0.1) is 0 Å². The molecule has 0 saturated carbocycles. The van der Waals surface area contributed by atoms with Crippen LogP contribution in [0.2, 0.25) is 0 Å². The quantitative estimate of drug-likeness (QED) is 0.493. The minimum atomic E-state index is -2.68. The third kappa shape index (κ3) is 0.815. The molecule has 2 atom stereocenters. The normalized spacial score (nSPS) is 46.6. The van der Waals surface area contributed by atoms with Gasteiger partial charge in [-0.05, 0) is 0 Å². The van der Waals surface area contributed by atoms with Crippen molar-refractivity contribution in [2.75, 3.05) is 0 Å². The summed E-state index contributed by atoms with van der Waals surface area (Å²) in [6, 6.07) is 0. The maximum absolute atomic E-state index is 12.7. The van der Waals surface area contributed by atoms with Crippen molar-refractivity contribution in [3.05, 3.63) is 0 Å². The Morgan fingerprint density at radius 1 is 1.20 bits per heavy atom. The van der Waals surface area contributed by atoms with Crippen molar-refractivity contribution in [2.24, 2.45) is 0 Å². The number of ether oxygens (including phenoxy) is 2. The van der Waals surface area contributed by atoms with Crippen molar-refractivity contribution in [1.29, 1.82) is 0 Å². The van der Waals surface area contributed by atoms with Gasteiger partial charge in [-0.3, -0.25) is 0 Å². The van der Waals surface area contributed by atoms with E-state index in [1.165, 1.54) is 0 Å². The van der Waals surface area contributed by atoms with E-state index in [1.807, 2.05) is 0 Å². The fourth-order valence-corrected chi connectivity index (χ4v) is 0.516. The number of halogens is 2. The summed E-state index contributed by atoms with van der Waals surface area (Å²) >= 11 is 0.